The lowest BCUT2D eigenvalue weighted by Gasteiger charge is -2.66. The Morgan fingerprint density at radius 1 is 0.667 bits per heavy atom. The maximum absolute atomic E-state index is 14.4. The van der Waals surface area contributed by atoms with Crippen molar-refractivity contribution in [3.8, 4) is 0 Å². The van der Waals surface area contributed by atoms with E-state index in [0.29, 0.717) is 0 Å². The molecule has 5 rings (SSSR count). The Hall–Kier alpha value is -3.85. The normalized spacial score (nSPS) is 20.1. The number of β-lactam (4-membered cyclic amide) rings is 1. The second-order valence-electron chi connectivity index (χ2n) is 8.84. The predicted molar refractivity (Wildman–Crippen MR) is 136 cm³/mol. The van der Waals surface area contributed by atoms with Crippen LogP contribution in [0.5, 0.6) is 0 Å². The van der Waals surface area contributed by atoms with Gasteiger partial charge in [0.1, 0.15) is 5.41 Å². The molecule has 3 nitrogen and oxygen atoms in total. The Labute approximate surface area is 195 Å². The maximum Gasteiger partial charge on any atom is 0.245 e. The highest BCUT2D eigenvalue weighted by Gasteiger charge is 2.72. The molecule has 0 bridgehead atoms. The van der Waals surface area contributed by atoms with E-state index in [1.807, 2.05) is 89.8 Å². The molecule has 1 N–H and O–H groups in total. The van der Waals surface area contributed by atoms with Crippen LogP contribution in [0.25, 0.3) is 0 Å². The summed E-state index contributed by atoms with van der Waals surface area (Å²) < 4.78 is 0. The van der Waals surface area contributed by atoms with Crippen molar-refractivity contribution in [2.24, 2.45) is 0 Å². The molecule has 4 aromatic carbocycles. The Morgan fingerprint density at radius 2 is 1.09 bits per heavy atom. The molecule has 2 unspecified atom stereocenters. The number of nitrogens with zero attached hydrogens (tertiary/aromatic N) is 1. The van der Waals surface area contributed by atoms with Crippen LogP contribution >= 0.6 is 0 Å². The molecule has 33 heavy (non-hydrogen) atoms. The average Bonchev–Trinajstić information content (AvgIpc) is 2.87. The molecule has 1 heterocycles. The molecule has 1 saturated heterocycles. The van der Waals surface area contributed by atoms with Crippen molar-refractivity contribution in [2.75, 3.05) is 10.2 Å². The molecule has 1 aliphatic heterocycles. The average molecular weight is 433 g/mol. The second-order valence-corrected chi connectivity index (χ2v) is 8.84. The third-order valence-electron chi connectivity index (χ3n) is 7.18. The van der Waals surface area contributed by atoms with Gasteiger partial charge >= 0.3 is 0 Å². The molecule has 1 fully saturated rings. The van der Waals surface area contributed by atoms with Crippen LogP contribution in [-0.2, 0) is 10.2 Å². The van der Waals surface area contributed by atoms with E-state index < -0.39 is 11.0 Å². The van der Waals surface area contributed by atoms with Gasteiger partial charge in [-0.2, -0.15) is 0 Å². The summed E-state index contributed by atoms with van der Waals surface area (Å²) in [7, 11) is 0. The Balaban J connectivity index is 1.74. The fourth-order valence-corrected chi connectivity index (χ4v) is 5.49. The van der Waals surface area contributed by atoms with E-state index in [4.69, 9.17) is 0 Å². The minimum atomic E-state index is -0.827. The first kappa shape index (κ1) is 21.0. The van der Waals surface area contributed by atoms with Gasteiger partial charge in [0.2, 0.25) is 5.91 Å². The van der Waals surface area contributed by atoms with Gasteiger partial charge in [-0.25, -0.2) is 0 Å². The number of carbonyl (C=O) groups is 1. The van der Waals surface area contributed by atoms with Gasteiger partial charge < -0.3 is 10.2 Å². The van der Waals surface area contributed by atoms with E-state index in [2.05, 4.69) is 55.6 Å². The zero-order valence-electron chi connectivity index (χ0n) is 19.0. The van der Waals surface area contributed by atoms with Crippen molar-refractivity contribution < 1.29 is 4.79 Å². The summed E-state index contributed by atoms with van der Waals surface area (Å²) in [5, 5.41) is 3.71. The van der Waals surface area contributed by atoms with Crippen LogP contribution in [0.3, 0.4) is 0 Å². The summed E-state index contributed by atoms with van der Waals surface area (Å²) in [4.78, 5) is 16.3. The number of anilines is 2. The van der Waals surface area contributed by atoms with Gasteiger partial charge in [0.15, 0.2) is 0 Å². The first-order chi connectivity index (χ1) is 16.1. The second kappa shape index (κ2) is 8.25. The lowest BCUT2D eigenvalue weighted by Crippen LogP contribution is -2.84. The number of benzene rings is 4. The molecule has 0 aromatic heterocycles. The number of amides is 1. The molecule has 4 aromatic rings. The highest BCUT2D eigenvalue weighted by molar-refractivity contribution is 6.14. The minimum Gasteiger partial charge on any atom is -0.380 e. The summed E-state index contributed by atoms with van der Waals surface area (Å²) in [6.45, 7) is 4.39. The lowest BCUT2D eigenvalue weighted by molar-refractivity contribution is -0.136. The minimum absolute atomic E-state index is 0.0572. The van der Waals surface area contributed by atoms with Gasteiger partial charge in [0.05, 0.1) is 5.54 Å². The molecule has 0 radical (unpaired) electrons. The van der Waals surface area contributed by atoms with Gasteiger partial charge in [0.25, 0.3) is 0 Å². The van der Waals surface area contributed by atoms with Crippen molar-refractivity contribution in [3.05, 3.63) is 132 Å². The van der Waals surface area contributed by atoms with Crippen LogP contribution in [0.2, 0.25) is 0 Å². The van der Waals surface area contributed by atoms with Crippen molar-refractivity contribution in [1.82, 2.24) is 0 Å². The van der Waals surface area contributed by atoms with Crippen LogP contribution in [0.4, 0.5) is 11.4 Å². The Morgan fingerprint density at radius 3 is 1.58 bits per heavy atom. The summed E-state index contributed by atoms with van der Waals surface area (Å²) in [5.74, 6) is 0.0929. The van der Waals surface area contributed by atoms with Crippen molar-refractivity contribution in [1.29, 1.82) is 0 Å². The molecule has 0 spiro atoms. The summed E-state index contributed by atoms with van der Waals surface area (Å²) in [6.07, 6.45) is 0. The largest absolute Gasteiger partial charge is 0.380 e. The topological polar surface area (TPSA) is 32.3 Å². The number of hydrogen-bond acceptors (Lipinski definition) is 2. The predicted octanol–water partition coefficient (Wildman–Crippen LogP) is 6.28. The highest BCUT2D eigenvalue weighted by Crippen LogP contribution is 2.57. The molecule has 2 atom stereocenters. The fraction of sp³-hybridized carbons (Fsp3) is 0.167. The SMILES string of the molecule is CC(Nc1ccccc1)C1(C)N(c2ccccc2)C(=O)C1(c1ccccc1)c1ccccc1. The zero-order chi connectivity index (χ0) is 22.9. The van der Waals surface area contributed by atoms with Gasteiger partial charge in [-0.05, 0) is 49.2 Å². The quantitative estimate of drug-likeness (QED) is 0.364. The molecule has 0 aliphatic carbocycles. The lowest BCUT2D eigenvalue weighted by atomic mass is 9.51. The van der Waals surface area contributed by atoms with Gasteiger partial charge in [-0.1, -0.05) is 97.1 Å². The number of carbonyl (C=O) groups excluding carboxylic acids is 1. The van der Waals surface area contributed by atoms with E-state index in [9.17, 15) is 4.79 Å². The summed E-state index contributed by atoms with van der Waals surface area (Å²) in [6, 6.07) is 40.6. The molecule has 3 heteroatoms. The van der Waals surface area contributed by atoms with E-state index in [1.165, 1.54) is 0 Å². The summed E-state index contributed by atoms with van der Waals surface area (Å²) >= 11 is 0. The van der Waals surface area contributed by atoms with Crippen LogP contribution in [-0.4, -0.2) is 17.5 Å². The van der Waals surface area contributed by atoms with E-state index >= 15 is 0 Å². The molecule has 0 saturated carbocycles. The van der Waals surface area contributed by atoms with Crippen LogP contribution in [0.1, 0.15) is 25.0 Å². The zero-order valence-corrected chi connectivity index (χ0v) is 19.0. The monoisotopic (exact) mass is 432 g/mol. The molecule has 1 amide bonds. The van der Waals surface area contributed by atoms with Crippen molar-refractivity contribution >= 4 is 17.3 Å². The number of para-hydroxylation sites is 2. The van der Waals surface area contributed by atoms with E-state index in [-0.39, 0.29) is 11.9 Å². The molecular formula is C30H28N2O. The van der Waals surface area contributed by atoms with Crippen molar-refractivity contribution in [2.45, 2.75) is 30.8 Å². The molecule has 1 aliphatic rings. The van der Waals surface area contributed by atoms with Gasteiger partial charge in [-0.3, -0.25) is 4.79 Å². The first-order valence-electron chi connectivity index (χ1n) is 11.4. The van der Waals surface area contributed by atoms with Gasteiger partial charge in [-0.15, -0.1) is 0 Å². The third-order valence-corrected chi connectivity index (χ3v) is 7.18. The highest BCUT2D eigenvalue weighted by atomic mass is 16.2. The Kier molecular flexibility index (Phi) is 5.26. The number of hydrogen-bond donors (Lipinski definition) is 1. The summed E-state index contributed by atoms with van der Waals surface area (Å²) in [5.41, 5.74) is 2.56. The van der Waals surface area contributed by atoms with Gasteiger partial charge in [0, 0.05) is 17.4 Å². The molecular weight excluding hydrogens is 404 g/mol. The van der Waals surface area contributed by atoms with Crippen LogP contribution in [0.15, 0.2) is 121 Å². The van der Waals surface area contributed by atoms with E-state index in [1.54, 1.807) is 0 Å². The van der Waals surface area contributed by atoms with Crippen LogP contribution in [0, 0.1) is 0 Å². The fourth-order valence-electron chi connectivity index (χ4n) is 5.49. The maximum atomic E-state index is 14.4. The van der Waals surface area contributed by atoms with Crippen molar-refractivity contribution in [3.63, 3.8) is 0 Å². The Bertz CT molecular complexity index is 1190. The molecule has 164 valence electrons. The van der Waals surface area contributed by atoms with E-state index in [0.717, 1.165) is 22.5 Å². The third kappa shape index (κ3) is 3.07. The number of nitrogens with one attached hydrogen (secondary N) is 1. The number of rotatable bonds is 6. The smallest absolute Gasteiger partial charge is 0.245 e. The first-order valence-corrected chi connectivity index (χ1v) is 11.4. The standard InChI is InChI=1S/C30H28N2O/c1-23(31-26-19-11-5-12-20-26)29(2)30(24-15-7-3-8-16-24,25-17-9-4-10-18-25)28(33)32(29)27-21-13-6-14-22-27/h3-23,31H,1-2H3. The van der Waals surface area contributed by atoms with Crippen LogP contribution < -0.4 is 10.2 Å².